The number of nitrogens with zero attached hydrogens (tertiary/aromatic N) is 2. The predicted octanol–water partition coefficient (Wildman–Crippen LogP) is 3.78. The van der Waals surface area contributed by atoms with Gasteiger partial charge in [0.2, 0.25) is 0 Å². The molecule has 0 radical (unpaired) electrons. The van der Waals surface area contributed by atoms with Crippen molar-refractivity contribution in [1.82, 2.24) is 4.90 Å². The standard InChI is InChI=1S/C21H20N2O5S/c1-3-23-20(26)18(12-14-6-4-5-7-17(14)28-13-19(24)25)29-21(23)22-15-8-10-16(27-2)11-9-15/h4-12H,3,13H2,1-2H3,(H,24,25). The van der Waals surface area contributed by atoms with E-state index in [-0.39, 0.29) is 5.91 Å². The Morgan fingerprint density at radius 1 is 1.21 bits per heavy atom. The lowest BCUT2D eigenvalue weighted by atomic mass is 10.2. The van der Waals surface area contributed by atoms with E-state index >= 15 is 0 Å². The van der Waals surface area contributed by atoms with Gasteiger partial charge in [-0.2, -0.15) is 0 Å². The fourth-order valence-electron chi connectivity index (χ4n) is 2.65. The van der Waals surface area contributed by atoms with E-state index in [0.29, 0.717) is 33.6 Å². The van der Waals surface area contributed by atoms with Gasteiger partial charge in [0, 0.05) is 12.1 Å². The van der Waals surface area contributed by atoms with Gasteiger partial charge in [-0.25, -0.2) is 9.79 Å². The van der Waals surface area contributed by atoms with E-state index in [1.165, 1.54) is 11.8 Å². The number of carbonyl (C=O) groups excluding carboxylic acids is 1. The summed E-state index contributed by atoms with van der Waals surface area (Å²) in [6.07, 6.45) is 1.70. The summed E-state index contributed by atoms with van der Waals surface area (Å²) in [5.74, 6) is -0.0861. The molecule has 1 aliphatic rings. The van der Waals surface area contributed by atoms with Crippen molar-refractivity contribution < 1.29 is 24.2 Å². The van der Waals surface area contributed by atoms with E-state index in [1.54, 1.807) is 42.4 Å². The second-order valence-electron chi connectivity index (χ2n) is 5.97. The second kappa shape index (κ2) is 9.29. The Labute approximate surface area is 172 Å². The minimum atomic E-state index is -1.06. The highest BCUT2D eigenvalue weighted by molar-refractivity contribution is 8.18. The molecule has 1 N–H and O–H groups in total. The number of ether oxygens (including phenoxy) is 2. The molecule has 2 aromatic carbocycles. The molecule has 0 bridgehead atoms. The smallest absolute Gasteiger partial charge is 0.341 e. The quantitative estimate of drug-likeness (QED) is 0.696. The van der Waals surface area contributed by atoms with Crippen LogP contribution < -0.4 is 9.47 Å². The Bertz CT molecular complexity index is 969. The zero-order valence-corrected chi connectivity index (χ0v) is 16.8. The van der Waals surface area contributed by atoms with Crippen molar-refractivity contribution >= 4 is 40.6 Å². The summed E-state index contributed by atoms with van der Waals surface area (Å²) >= 11 is 1.27. The molecule has 1 amide bonds. The van der Waals surface area contributed by atoms with Gasteiger partial charge in [0.05, 0.1) is 17.7 Å². The molecule has 0 atom stereocenters. The summed E-state index contributed by atoms with van der Waals surface area (Å²) in [6, 6.07) is 14.2. The largest absolute Gasteiger partial charge is 0.497 e. The van der Waals surface area contributed by atoms with Gasteiger partial charge in [0.1, 0.15) is 11.5 Å². The van der Waals surface area contributed by atoms with Crippen LogP contribution in [0.25, 0.3) is 6.08 Å². The number of carboxylic acids is 1. The summed E-state index contributed by atoms with van der Waals surface area (Å²) in [4.78, 5) is 30.3. The highest BCUT2D eigenvalue weighted by Crippen LogP contribution is 2.35. The lowest BCUT2D eigenvalue weighted by molar-refractivity contribution is -0.139. The molecule has 7 nitrogen and oxygen atoms in total. The first-order valence-electron chi connectivity index (χ1n) is 8.89. The van der Waals surface area contributed by atoms with Gasteiger partial charge in [-0.3, -0.25) is 9.69 Å². The average molecular weight is 412 g/mol. The Morgan fingerprint density at radius 3 is 2.59 bits per heavy atom. The Kier molecular flexibility index (Phi) is 6.56. The molecule has 1 aliphatic heterocycles. The molecule has 150 valence electrons. The molecule has 2 aromatic rings. The lowest BCUT2D eigenvalue weighted by Crippen LogP contribution is -2.28. The maximum Gasteiger partial charge on any atom is 0.341 e. The molecule has 8 heteroatoms. The average Bonchev–Trinajstić information content (AvgIpc) is 3.01. The topological polar surface area (TPSA) is 88.4 Å². The zero-order chi connectivity index (χ0) is 20.8. The molecule has 0 aromatic heterocycles. The molecule has 0 spiro atoms. The van der Waals surface area contributed by atoms with Gasteiger partial charge >= 0.3 is 5.97 Å². The number of carbonyl (C=O) groups is 2. The van der Waals surface area contributed by atoms with Crippen molar-refractivity contribution in [2.45, 2.75) is 6.92 Å². The van der Waals surface area contributed by atoms with Crippen molar-refractivity contribution in [2.75, 3.05) is 20.3 Å². The van der Waals surface area contributed by atoms with Crippen LogP contribution in [-0.4, -0.2) is 47.3 Å². The number of hydrogen-bond acceptors (Lipinski definition) is 6. The van der Waals surface area contributed by atoms with E-state index in [9.17, 15) is 9.59 Å². The number of amides is 1. The molecular formula is C21H20N2O5S. The molecule has 1 saturated heterocycles. The zero-order valence-electron chi connectivity index (χ0n) is 16.0. The monoisotopic (exact) mass is 412 g/mol. The first-order valence-corrected chi connectivity index (χ1v) is 9.71. The van der Waals surface area contributed by atoms with Crippen molar-refractivity contribution in [3.05, 3.63) is 59.0 Å². The highest BCUT2D eigenvalue weighted by atomic mass is 32.2. The third-order valence-corrected chi connectivity index (χ3v) is 5.06. The number of hydrogen-bond donors (Lipinski definition) is 1. The second-order valence-corrected chi connectivity index (χ2v) is 6.98. The Morgan fingerprint density at radius 2 is 1.93 bits per heavy atom. The summed E-state index contributed by atoms with van der Waals surface area (Å²) in [6.45, 7) is 1.91. The van der Waals surface area contributed by atoms with Crippen LogP contribution >= 0.6 is 11.8 Å². The molecule has 0 saturated carbocycles. The van der Waals surface area contributed by atoms with Crippen molar-refractivity contribution in [1.29, 1.82) is 0 Å². The molecular weight excluding hydrogens is 392 g/mol. The fraction of sp³-hybridized carbons (Fsp3) is 0.190. The van der Waals surface area contributed by atoms with Crippen molar-refractivity contribution in [3.63, 3.8) is 0 Å². The van der Waals surface area contributed by atoms with Gasteiger partial charge in [-0.1, -0.05) is 18.2 Å². The molecule has 0 aliphatic carbocycles. The van der Waals surface area contributed by atoms with E-state index in [1.807, 2.05) is 31.2 Å². The minimum Gasteiger partial charge on any atom is -0.497 e. The van der Waals surface area contributed by atoms with Crippen molar-refractivity contribution in [3.8, 4) is 11.5 Å². The van der Waals surface area contributed by atoms with Gasteiger partial charge in [0.15, 0.2) is 11.8 Å². The number of methoxy groups -OCH3 is 1. The van der Waals surface area contributed by atoms with E-state index in [2.05, 4.69) is 4.99 Å². The van der Waals surface area contributed by atoms with E-state index in [0.717, 1.165) is 5.75 Å². The lowest BCUT2D eigenvalue weighted by Gasteiger charge is -2.12. The number of aliphatic carboxylic acids is 1. The third kappa shape index (κ3) is 4.97. The van der Waals surface area contributed by atoms with Crippen LogP contribution in [0, 0.1) is 0 Å². The first kappa shape index (κ1) is 20.5. The van der Waals surface area contributed by atoms with Gasteiger partial charge in [0.25, 0.3) is 5.91 Å². The van der Waals surface area contributed by atoms with Gasteiger partial charge in [-0.15, -0.1) is 0 Å². The number of aliphatic imine (C=N–C) groups is 1. The maximum atomic E-state index is 12.8. The fourth-order valence-corrected chi connectivity index (χ4v) is 3.70. The summed E-state index contributed by atoms with van der Waals surface area (Å²) in [7, 11) is 1.60. The number of rotatable bonds is 7. The predicted molar refractivity (Wildman–Crippen MR) is 113 cm³/mol. The molecule has 29 heavy (non-hydrogen) atoms. The molecule has 0 unspecified atom stereocenters. The van der Waals surface area contributed by atoms with Crippen LogP contribution in [0.3, 0.4) is 0 Å². The molecule has 1 fully saturated rings. The van der Waals surface area contributed by atoms with Crippen LogP contribution in [0.1, 0.15) is 12.5 Å². The number of para-hydroxylation sites is 1. The minimum absolute atomic E-state index is 0.155. The van der Waals surface area contributed by atoms with E-state index < -0.39 is 12.6 Å². The molecule has 1 heterocycles. The van der Waals surface area contributed by atoms with Crippen LogP contribution in [0.5, 0.6) is 11.5 Å². The van der Waals surface area contributed by atoms with Gasteiger partial charge < -0.3 is 14.6 Å². The number of carboxylic acid groups (broad SMARTS) is 1. The first-order chi connectivity index (χ1) is 14.0. The third-order valence-electron chi connectivity index (χ3n) is 4.06. The van der Waals surface area contributed by atoms with E-state index in [4.69, 9.17) is 14.6 Å². The van der Waals surface area contributed by atoms with Crippen LogP contribution in [0.15, 0.2) is 58.4 Å². The van der Waals surface area contributed by atoms with Gasteiger partial charge in [-0.05, 0) is 55.1 Å². The summed E-state index contributed by atoms with van der Waals surface area (Å²) in [5.41, 5.74) is 1.34. The summed E-state index contributed by atoms with van der Waals surface area (Å²) < 4.78 is 10.5. The highest BCUT2D eigenvalue weighted by Gasteiger charge is 2.32. The van der Waals surface area contributed by atoms with Crippen molar-refractivity contribution in [2.24, 2.45) is 4.99 Å². The normalized spacial score (nSPS) is 16.5. The number of benzene rings is 2. The van der Waals surface area contributed by atoms with Crippen LogP contribution in [0.2, 0.25) is 0 Å². The van der Waals surface area contributed by atoms with Crippen LogP contribution in [-0.2, 0) is 9.59 Å². The SMILES string of the molecule is CCN1C(=O)C(=Cc2ccccc2OCC(=O)O)SC1=Nc1ccc(OC)cc1. The summed E-state index contributed by atoms with van der Waals surface area (Å²) in [5, 5.41) is 9.42. The van der Waals surface area contributed by atoms with Crippen LogP contribution in [0.4, 0.5) is 5.69 Å². The Balaban J connectivity index is 1.89. The number of thioether (sulfide) groups is 1. The number of amidine groups is 1. The molecule has 3 rings (SSSR count). The Hall–Kier alpha value is -3.26. The number of likely N-dealkylation sites (N-methyl/N-ethyl adjacent to an activating group) is 1. The maximum absolute atomic E-state index is 12.8.